The summed E-state index contributed by atoms with van der Waals surface area (Å²) in [4.78, 5) is 0. The van der Waals surface area contributed by atoms with Crippen LogP contribution < -0.4 is 0 Å². The zero-order chi connectivity index (χ0) is 11.1. The topological polar surface area (TPSA) is 0 Å². The van der Waals surface area contributed by atoms with Crippen molar-refractivity contribution in [2.24, 2.45) is 5.92 Å². The van der Waals surface area contributed by atoms with Crippen molar-refractivity contribution < 1.29 is 4.39 Å². The Bertz CT molecular complexity index is 271. The SMILES string of the molecule is CCCC/C=C/C(C)C1=CC=C(F)CC1. The summed E-state index contributed by atoms with van der Waals surface area (Å²) in [6.07, 6.45) is 13.2. The van der Waals surface area contributed by atoms with E-state index in [0.29, 0.717) is 12.3 Å². The highest BCUT2D eigenvalue weighted by Gasteiger charge is 2.09. The smallest absolute Gasteiger partial charge is 0.100 e. The maximum atomic E-state index is 12.8. The molecule has 1 unspecified atom stereocenters. The number of allylic oxidation sites excluding steroid dienone is 6. The molecule has 1 aliphatic carbocycles. The van der Waals surface area contributed by atoms with Gasteiger partial charge in [-0.25, -0.2) is 4.39 Å². The van der Waals surface area contributed by atoms with Crippen molar-refractivity contribution in [1.29, 1.82) is 0 Å². The Morgan fingerprint density at radius 3 is 2.80 bits per heavy atom. The highest BCUT2D eigenvalue weighted by molar-refractivity contribution is 5.24. The molecule has 0 aromatic heterocycles. The number of unbranched alkanes of at least 4 members (excludes halogenated alkanes) is 2. The summed E-state index contributed by atoms with van der Waals surface area (Å²) < 4.78 is 12.8. The Morgan fingerprint density at radius 1 is 1.40 bits per heavy atom. The lowest BCUT2D eigenvalue weighted by molar-refractivity contribution is 0.571. The summed E-state index contributed by atoms with van der Waals surface area (Å²) in [6.45, 7) is 4.39. The molecular formula is C14H21F. The molecule has 0 aromatic rings. The number of hydrogen-bond donors (Lipinski definition) is 0. The Labute approximate surface area is 92.6 Å². The molecule has 0 saturated carbocycles. The average Bonchev–Trinajstić information content (AvgIpc) is 2.25. The maximum Gasteiger partial charge on any atom is 0.100 e. The molecule has 0 aliphatic heterocycles. The van der Waals surface area contributed by atoms with Crippen LogP contribution in [0, 0.1) is 5.92 Å². The molecule has 0 saturated heterocycles. The van der Waals surface area contributed by atoms with Gasteiger partial charge in [-0.3, -0.25) is 0 Å². The molecule has 0 nitrogen and oxygen atoms in total. The van der Waals surface area contributed by atoms with Crippen LogP contribution in [0.4, 0.5) is 4.39 Å². The molecule has 84 valence electrons. The molecule has 0 aromatic carbocycles. The zero-order valence-electron chi connectivity index (χ0n) is 9.80. The van der Waals surface area contributed by atoms with Gasteiger partial charge in [0.05, 0.1) is 0 Å². The van der Waals surface area contributed by atoms with Crippen LogP contribution in [0.3, 0.4) is 0 Å². The molecular weight excluding hydrogens is 187 g/mol. The predicted molar refractivity (Wildman–Crippen MR) is 64.3 cm³/mol. The quantitative estimate of drug-likeness (QED) is 0.443. The van der Waals surface area contributed by atoms with Gasteiger partial charge >= 0.3 is 0 Å². The van der Waals surface area contributed by atoms with E-state index in [1.54, 1.807) is 6.08 Å². The van der Waals surface area contributed by atoms with E-state index in [4.69, 9.17) is 0 Å². The standard InChI is InChI=1S/C14H21F/c1-3-4-5-6-7-12(2)13-8-10-14(15)11-9-13/h6-8,10,12H,3-5,9,11H2,1-2H3/b7-6+. The summed E-state index contributed by atoms with van der Waals surface area (Å²) in [5, 5.41) is 0. The lowest BCUT2D eigenvalue weighted by Gasteiger charge is -2.14. The first-order valence-electron chi connectivity index (χ1n) is 5.95. The lowest BCUT2D eigenvalue weighted by atomic mass is 9.92. The molecule has 0 amide bonds. The molecule has 0 N–H and O–H groups in total. The molecule has 0 spiro atoms. The maximum absolute atomic E-state index is 12.8. The second kappa shape index (κ2) is 6.60. The van der Waals surface area contributed by atoms with Crippen LogP contribution in [0.15, 0.2) is 35.7 Å². The summed E-state index contributed by atoms with van der Waals surface area (Å²) in [5.41, 5.74) is 1.35. The van der Waals surface area contributed by atoms with E-state index in [0.717, 1.165) is 6.42 Å². The fourth-order valence-corrected chi connectivity index (χ4v) is 1.75. The van der Waals surface area contributed by atoms with Gasteiger partial charge in [0.25, 0.3) is 0 Å². The fourth-order valence-electron chi connectivity index (χ4n) is 1.75. The van der Waals surface area contributed by atoms with Crippen LogP contribution in [-0.4, -0.2) is 0 Å². The molecule has 1 heteroatoms. The van der Waals surface area contributed by atoms with E-state index in [9.17, 15) is 4.39 Å². The van der Waals surface area contributed by atoms with E-state index in [1.165, 1.54) is 24.8 Å². The van der Waals surface area contributed by atoms with Gasteiger partial charge in [0.15, 0.2) is 0 Å². The molecule has 15 heavy (non-hydrogen) atoms. The van der Waals surface area contributed by atoms with Gasteiger partial charge in [0, 0.05) is 6.42 Å². The van der Waals surface area contributed by atoms with Crippen molar-refractivity contribution in [3.8, 4) is 0 Å². The molecule has 1 atom stereocenters. The van der Waals surface area contributed by atoms with Crippen molar-refractivity contribution in [3.63, 3.8) is 0 Å². The molecule has 1 aliphatic rings. The minimum absolute atomic E-state index is 0.0147. The zero-order valence-corrected chi connectivity index (χ0v) is 9.80. The van der Waals surface area contributed by atoms with Crippen molar-refractivity contribution in [2.45, 2.75) is 46.0 Å². The Hall–Kier alpha value is -0.850. The fraction of sp³-hybridized carbons (Fsp3) is 0.571. The van der Waals surface area contributed by atoms with Gasteiger partial charge < -0.3 is 0 Å². The second-order valence-electron chi connectivity index (χ2n) is 4.21. The average molecular weight is 208 g/mol. The Morgan fingerprint density at radius 2 is 2.20 bits per heavy atom. The van der Waals surface area contributed by atoms with Crippen molar-refractivity contribution in [2.75, 3.05) is 0 Å². The predicted octanol–water partition coefficient (Wildman–Crippen LogP) is 4.94. The largest absolute Gasteiger partial charge is 0.212 e. The summed E-state index contributed by atoms with van der Waals surface area (Å²) in [5.74, 6) is 0.479. The molecule has 0 heterocycles. The van der Waals surface area contributed by atoms with Crippen molar-refractivity contribution >= 4 is 0 Å². The van der Waals surface area contributed by atoms with Crippen LogP contribution in [0.25, 0.3) is 0 Å². The minimum atomic E-state index is 0.0147. The van der Waals surface area contributed by atoms with Crippen LogP contribution in [0.5, 0.6) is 0 Å². The Balaban J connectivity index is 2.40. The van der Waals surface area contributed by atoms with Crippen LogP contribution >= 0.6 is 0 Å². The van der Waals surface area contributed by atoms with Crippen LogP contribution in [0.1, 0.15) is 46.0 Å². The summed E-state index contributed by atoms with van der Waals surface area (Å²) in [6, 6.07) is 0. The van der Waals surface area contributed by atoms with Gasteiger partial charge in [-0.15, -0.1) is 0 Å². The van der Waals surface area contributed by atoms with Crippen molar-refractivity contribution in [3.05, 3.63) is 35.7 Å². The van der Waals surface area contributed by atoms with Crippen LogP contribution in [0.2, 0.25) is 0 Å². The van der Waals surface area contributed by atoms with E-state index in [2.05, 4.69) is 26.0 Å². The molecule has 0 fully saturated rings. The van der Waals surface area contributed by atoms with E-state index in [-0.39, 0.29) is 5.83 Å². The number of rotatable bonds is 5. The first-order valence-corrected chi connectivity index (χ1v) is 5.95. The van der Waals surface area contributed by atoms with Gasteiger partial charge in [0.2, 0.25) is 0 Å². The second-order valence-corrected chi connectivity index (χ2v) is 4.21. The van der Waals surface area contributed by atoms with Gasteiger partial charge in [-0.1, -0.05) is 50.5 Å². The number of halogens is 1. The van der Waals surface area contributed by atoms with E-state index < -0.39 is 0 Å². The normalized spacial score (nSPS) is 18.9. The van der Waals surface area contributed by atoms with Crippen LogP contribution in [-0.2, 0) is 0 Å². The van der Waals surface area contributed by atoms with Gasteiger partial charge in [-0.2, -0.15) is 0 Å². The molecule has 0 radical (unpaired) electrons. The third-order valence-corrected chi connectivity index (χ3v) is 2.86. The number of hydrogen-bond acceptors (Lipinski definition) is 0. The third kappa shape index (κ3) is 4.46. The monoisotopic (exact) mass is 208 g/mol. The Kier molecular flexibility index (Phi) is 5.38. The van der Waals surface area contributed by atoms with E-state index in [1.807, 2.05) is 6.08 Å². The highest BCUT2D eigenvalue weighted by Crippen LogP contribution is 2.25. The molecule has 1 rings (SSSR count). The first kappa shape index (κ1) is 12.2. The first-order chi connectivity index (χ1) is 7.24. The van der Waals surface area contributed by atoms with Gasteiger partial charge in [-0.05, 0) is 24.8 Å². The van der Waals surface area contributed by atoms with Gasteiger partial charge in [0.1, 0.15) is 5.83 Å². The summed E-state index contributed by atoms with van der Waals surface area (Å²) >= 11 is 0. The lowest BCUT2D eigenvalue weighted by Crippen LogP contribution is -1.99. The third-order valence-electron chi connectivity index (χ3n) is 2.86. The minimum Gasteiger partial charge on any atom is -0.212 e. The summed E-state index contributed by atoms with van der Waals surface area (Å²) in [7, 11) is 0. The van der Waals surface area contributed by atoms with E-state index >= 15 is 0 Å². The molecule has 0 bridgehead atoms. The van der Waals surface area contributed by atoms with Crippen molar-refractivity contribution in [1.82, 2.24) is 0 Å². The highest BCUT2D eigenvalue weighted by atomic mass is 19.1.